The minimum Gasteiger partial charge on any atom is -0.383 e. The first-order valence-electron chi connectivity index (χ1n) is 8.62. The van der Waals surface area contributed by atoms with Crippen LogP contribution < -0.4 is 16.8 Å². The average molecular weight is 380 g/mol. The molecular formula is C21H20ClN4O+. The van der Waals surface area contributed by atoms with Crippen molar-refractivity contribution in [1.82, 2.24) is 10.3 Å². The summed E-state index contributed by atoms with van der Waals surface area (Å²) in [4.78, 5) is 16.2. The van der Waals surface area contributed by atoms with Gasteiger partial charge in [0.15, 0.2) is 0 Å². The van der Waals surface area contributed by atoms with Gasteiger partial charge in [-0.15, -0.1) is 0 Å². The van der Waals surface area contributed by atoms with Crippen molar-refractivity contribution >= 4 is 34.1 Å². The van der Waals surface area contributed by atoms with Crippen molar-refractivity contribution in [2.45, 2.75) is 6.42 Å². The minimum atomic E-state index is -0.0971. The zero-order valence-electron chi connectivity index (χ0n) is 14.8. The summed E-state index contributed by atoms with van der Waals surface area (Å²) in [6.07, 6.45) is 2.56. The highest BCUT2D eigenvalue weighted by atomic mass is 35.5. The molecule has 1 aromatic heterocycles. The number of nitrogens with two attached hydrogens (primary N) is 1. The molecule has 1 amide bonds. The first-order valence-corrected chi connectivity index (χ1v) is 8.99. The topological polar surface area (TPSA) is 95.6 Å². The second kappa shape index (κ2) is 8.54. The Hall–Kier alpha value is -3.07. The Balaban J connectivity index is 1.84. The molecule has 0 aliphatic rings. The molecule has 2 aromatic carbocycles. The van der Waals surface area contributed by atoms with Gasteiger partial charge in [-0.2, -0.15) is 0 Å². The Bertz CT molecular complexity index is 1030. The Morgan fingerprint density at radius 2 is 1.96 bits per heavy atom. The molecular weight excluding hydrogens is 360 g/mol. The van der Waals surface area contributed by atoms with Gasteiger partial charge in [-0.25, -0.2) is 4.98 Å². The van der Waals surface area contributed by atoms with Gasteiger partial charge in [0.2, 0.25) is 0 Å². The lowest BCUT2D eigenvalue weighted by molar-refractivity contribution is -0.367. The van der Waals surface area contributed by atoms with Crippen molar-refractivity contribution in [1.29, 1.82) is 0 Å². The Labute approximate surface area is 162 Å². The summed E-state index contributed by atoms with van der Waals surface area (Å²) >= 11 is 6.10. The van der Waals surface area contributed by atoms with Gasteiger partial charge in [-0.05, 0) is 36.4 Å². The minimum absolute atomic E-state index is 0.0971. The van der Waals surface area contributed by atoms with Crippen LogP contribution >= 0.6 is 11.6 Å². The molecule has 6 heteroatoms. The van der Waals surface area contributed by atoms with E-state index >= 15 is 0 Å². The summed E-state index contributed by atoms with van der Waals surface area (Å²) in [6, 6.07) is 12.7. The molecule has 0 fully saturated rings. The Kier molecular flexibility index (Phi) is 5.92. The first-order chi connectivity index (χ1) is 13.1. The summed E-state index contributed by atoms with van der Waals surface area (Å²) in [6.45, 7) is 1.42. The third-order valence-corrected chi connectivity index (χ3v) is 4.31. The molecule has 0 radical (unpaired) electrons. The van der Waals surface area contributed by atoms with E-state index in [4.69, 9.17) is 17.3 Å². The summed E-state index contributed by atoms with van der Waals surface area (Å²) in [5, 5.41) is 5.26. The number of fused-ring (bicyclic) bond motifs is 1. The predicted octanol–water partition coefficient (Wildman–Crippen LogP) is 2.23. The molecule has 1 heterocycles. The number of anilines is 1. The number of nitrogens with zero attached hydrogens (tertiary/aromatic N) is 1. The van der Waals surface area contributed by atoms with E-state index in [1.165, 1.54) is 0 Å². The van der Waals surface area contributed by atoms with Crippen LogP contribution in [0.4, 0.5) is 5.82 Å². The van der Waals surface area contributed by atoms with E-state index in [2.05, 4.69) is 27.9 Å². The van der Waals surface area contributed by atoms with E-state index < -0.39 is 0 Å². The standard InChI is InChI=1S/C21H19ClN4O/c22-17-8-7-16-13-26-20(24)18(19(16)12-17)9-4-14-2-5-15(6-3-14)21(27)25-11-1-10-23/h2-3,5-8,12-13H,1,10-11,23H2,(H2,24,26)(H,25,27)/p+1. The van der Waals surface area contributed by atoms with Gasteiger partial charge in [0.25, 0.3) is 5.91 Å². The van der Waals surface area contributed by atoms with Gasteiger partial charge in [0, 0.05) is 46.1 Å². The maximum atomic E-state index is 12.0. The lowest BCUT2D eigenvalue weighted by Crippen LogP contribution is -2.51. The number of carbonyl (C=O) groups excluding carboxylic acids is 1. The lowest BCUT2D eigenvalue weighted by atomic mass is 10.1. The number of quaternary nitrogens is 1. The average Bonchev–Trinajstić information content (AvgIpc) is 2.67. The monoisotopic (exact) mass is 379 g/mol. The summed E-state index contributed by atoms with van der Waals surface area (Å²) in [5.74, 6) is 6.43. The van der Waals surface area contributed by atoms with Crippen LogP contribution in [-0.4, -0.2) is 24.0 Å². The molecule has 3 rings (SSSR count). The highest BCUT2D eigenvalue weighted by molar-refractivity contribution is 6.31. The van der Waals surface area contributed by atoms with E-state index in [-0.39, 0.29) is 5.91 Å². The largest absolute Gasteiger partial charge is 0.383 e. The number of aromatic nitrogens is 1. The Morgan fingerprint density at radius 1 is 1.19 bits per heavy atom. The van der Waals surface area contributed by atoms with Gasteiger partial charge < -0.3 is 16.8 Å². The van der Waals surface area contributed by atoms with Crippen LogP contribution in [0.3, 0.4) is 0 Å². The van der Waals surface area contributed by atoms with Gasteiger partial charge in [0.1, 0.15) is 5.82 Å². The number of rotatable bonds is 4. The molecule has 6 N–H and O–H groups in total. The van der Waals surface area contributed by atoms with Crippen molar-refractivity contribution in [3.8, 4) is 11.8 Å². The molecule has 0 saturated carbocycles. The zero-order chi connectivity index (χ0) is 19.2. The second-order valence-electron chi connectivity index (χ2n) is 6.04. The van der Waals surface area contributed by atoms with Crippen molar-refractivity contribution in [2.24, 2.45) is 0 Å². The van der Waals surface area contributed by atoms with E-state index in [9.17, 15) is 4.79 Å². The summed E-state index contributed by atoms with van der Waals surface area (Å²) < 4.78 is 0. The number of carbonyl (C=O) groups is 1. The van der Waals surface area contributed by atoms with E-state index in [1.807, 2.05) is 24.3 Å². The quantitative estimate of drug-likeness (QED) is 0.479. The maximum absolute atomic E-state index is 12.0. The van der Waals surface area contributed by atoms with Crippen molar-refractivity contribution < 1.29 is 10.5 Å². The van der Waals surface area contributed by atoms with Crippen LogP contribution in [-0.2, 0) is 0 Å². The predicted molar refractivity (Wildman–Crippen MR) is 108 cm³/mol. The third-order valence-electron chi connectivity index (χ3n) is 4.07. The fraction of sp³-hybridized carbons (Fsp3) is 0.143. The molecule has 0 aliphatic heterocycles. The molecule has 27 heavy (non-hydrogen) atoms. The lowest BCUT2D eigenvalue weighted by Gasteiger charge is -2.04. The van der Waals surface area contributed by atoms with Crippen molar-refractivity contribution in [3.63, 3.8) is 0 Å². The maximum Gasteiger partial charge on any atom is 0.251 e. The number of hydrogen-bond donors (Lipinski definition) is 3. The number of pyridine rings is 1. The van der Waals surface area contributed by atoms with Crippen molar-refractivity contribution in [2.75, 3.05) is 18.8 Å². The molecule has 0 bridgehead atoms. The first kappa shape index (κ1) is 18.7. The molecule has 0 saturated heterocycles. The van der Waals surface area contributed by atoms with Crippen molar-refractivity contribution in [3.05, 3.63) is 70.4 Å². The molecule has 0 unspecified atom stereocenters. The fourth-order valence-electron chi connectivity index (χ4n) is 2.60. The van der Waals surface area contributed by atoms with Crippen LogP contribution in [0.25, 0.3) is 10.8 Å². The summed E-state index contributed by atoms with van der Waals surface area (Å²) in [7, 11) is 0. The normalized spacial score (nSPS) is 10.3. The molecule has 3 aromatic rings. The van der Waals surface area contributed by atoms with Gasteiger partial charge >= 0.3 is 0 Å². The van der Waals surface area contributed by atoms with Crippen LogP contribution in [0.1, 0.15) is 27.9 Å². The summed E-state index contributed by atoms with van der Waals surface area (Å²) in [5.41, 5.74) is 11.8. The van der Waals surface area contributed by atoms with Crippen LogP contribution in [0.5, 0.6) is 0 Å². The molecule has 0 spiro atoms. The Morgan fingerprint density at radius 3 is 2.70 bits per heavy atom. The van der Waals surface area contributed by atoms with E-state index in [0.29, 0.717) is 28.5 Å². The van der Waals surface area contributed by atoms with Crippen LogP contribution in [0, 0.1) is 11.8 Å². The molecule has 0 aliphatic carbocycles. The zero-order valence-corrected chi connectivity index (χ0v) is 15.5. The van der Waals surface area contributed by atoms with Crippen LogP contribution in [0.2, 0.25) is 5.02 Å². The number of nitrogens with one attached hydrogen (secondary N) is 1. The number of benzene rings is 2. The highest BCUT2D eigenvalue weighted by Gasteiger charge is 2.06. The number of hydrogen-bond acceptors (Lipinski definition) is 3. The smallest absolute Gasteiger partial charge is 0.251 e. The number of amides is 1. The highest BCUT2D eigenvalue weighted by Crippen LogP contribution is 2.24. The molecule has 5 nitrogen and oxygen atoms in total. The number of nitrogen functional groups attached to an aromatic ring is 1. The van der Waals surface area contributed by atoms with Gasteiger partial charge in [0.05, 0.1) is 12.1 Å². The van der Waals surface area contributed by atoms with Gasteiger partial charge in [-0.3, -0.25) is 4.79 Å². The SMILES string of the molecule is Nc1ncc2ccc(Cl)cc2c1C#Cc1ccc(C(=O)NCCC[NH3+])cc1. The fourth-order valence-corrected chi connectivity index (χ4v) is 2.77. The van der Waals surface area contributed by atoms with E-state index in [1.54, 1.807) is 24.4 Å². The van der Waals surface area contributed by atoms with Crippen LogP contribution in [0.15, 0.2) is 48.7 Å². The third kappa shape index (κ3) is 4.56. The van der Waals surface area contributed by atoms with Gasteiger partial charge in [-0.1, -0.05) is 29.5 Å². The number of halogens is 1. The molecule has 136 valence electrons. The molecule has 0 atom stereocenters. The second-order valence-corrected chi connectivity index (χ2v) is 6.48. The van der Waals surface area contributed by atoms with E-state index in [0.717, 1.165) is 29.3 Å².